The average molecular weight is 399 g/mol. The second kappa shape index (κ2) is 6.63. The van der Waals surface area contributed by atoms with E-state index in [2.05, 4.69) is 9.97 Å². The number of likely N-dealkylation sites (tertiary alicyclic amines) is 1. The van der Waals surface area contributed by atoms with Gasteiger partial charge in [-0.05, 0) is 37.3 Å². The van der Waals surface area contributed by atoms with Crippen LogP contribution in [0.2, 0.25) is 0 Å². The molecule has 5 rings (SSSR count). The highest BCUT2D eigenvalue weighted by Gasteiger charge is 2.43. The second-order valence-electron chi connectivity index (χ2n) is 7.74. The van der Waals surface area contributed by atoms with Crippen molar-refractivity contribution in [3.63, 3.8) is 0 Å². The summed E-state index contributed by atoms with van der Waals surface area (Å²) >= 11 is 1.35. The Morgan fingerprint density at radius 1 is 1.21 bits per heavy atom. The zero-order valence-electron chi connectivity index (χ0n) is 15.4. The minimum Gasteiger partial charge on any atom is -0.477 e. The molecule has 1 amide bonds. The number of hydrogen-bond acceptors (Lipinski definition) is 6. The fraction of sp³-hybridized carbons (Fsp3) is 0.500. The molecule has 1 aliphatic carbocycles. The molecule has 2 aromatic rings. The number of amides is 1. The van der Waals surface area contributed by atoms with Crippen LogP contribution in [0, 0.1) is 0 Å². The number of carboxylic acids is 1. The first-order chi connectivity index (χ1) is 13.6. The SMILES string of the molecule is O=C(O)c1cc2c(s1)CCOC21CCN(C(=O)c2cnc(C3CC3)nc2)CC1. The van der Waals surface area contributed by atoms with Gasteiger partial charge in [0.25, 0.3) is 5.91 Å². The number of carbonyl (C=O) groups is 2. The van der Waals surface area contributed by atoms with Crippen LogP contribution in [0.25, 0.3) is 0 Å². The maximum Gasteiger partial charge on any atom is 0.345 e. The predicted octanol–water partition coefficient (Wildman–Crippen LogP) is 2.82. The van der Waals surface area contributed by atoms with Crippen LogP contribution < -0.4 is 0 Å². The first-order valence-corrected chi connectivity index (χ1v) is 10.5. The van der Waals surface area contributed by atoms with Gasteiger partial charge < -0.3 is 14.7 Å². The van der Waals surface area contributed by atoms with E-state index in [4.69, 9.17) is 4.74 Å². The van der Waals surface area contributed by atoms with Crippen molar-refractivity contribution >= 4 is 23.2 Å². The van der Waals surface area contributed by atoms with E-state index in [1.807, 2.05) is 4.90 Å². The van der Waals surface area contributed by atoms with Crippen molar-refractivity contribution in [1.82, 2.24) is 14.9 Å². The van der Waals surface area contributed by atoms with Crippen molar-refractivity contribution in [3.05, 3.63) is 45.2 Å². The summed E-state index contributed by atoms with van der Waals surface area (Å²) in [6.45, 7) is 1.73. The van der Waals surface area contributed by atoms with E-state index in [0.717, 1.165) is 35.5 Å². The summed E-state index contributed by atoms with van der Waals surface area (Å²) in [6.07, 6.45) is 7.64. The summed E-state index contributed by atoms with van der Waals surface area (Å²) in [6, 6.07) is 1.77. The number of piperidine rings is 1. The lowest BCUT2D eigenvalue weighted by atomic mass is 9.82. The van der Waals surface area contributed by atoms with Gasteiger partial charge >= 0.3 is 5.97 Å². The van der Waals surface area contributed by atoms with Crippen molar-refractivity contribution in [2.45, 2.75) is 43.6 Å². The molecule has 2 aliphatic heterocycles. The molecule has 1 saturated carbocycles. The number of ether oxygens (including phenoxy) is 1. The van der Waals surface area contributed by atoms with Crippen LogP contribution in [0.15, 0.2) is 18.5 Å². The maximum absolute atomic E-state index is 12.8. The Morgan fingerprint density at radius 2 is 1.93 bits per heavy atom. The molecule has 1 saturated heterocycles. The molecule has 0 bridgehead atoms. The molecule has 0 aromatic carbocycles. The Hall–Kier alpha value is -2.32. The molecule has 2 aromatic heterocycles. The third-order valence-electron chi connectivity index (χ3n) is 5.94. The molecule has 7 nitrogen and oxygen atoms in total. The lowest BCUT2D eigenvalue weighted by Crippen LogP contribution is -2.48. The van der Waals surface area contributed by atoms with E-state index in [-0.39, 0.29) is 5.91 Å². The van der Waals surface area contributed by atoms with Gasteiger partial charge in [0, 0.05) is 42.7 Å². The van der Waals surface area contributed by atoms with Crippen LogP contribution in [0.3, 0.4) is 0 Å². The number of aromatic carboxylic acids is 1. The highest BCUT2D eigenvalue weighted by atomic mass is 32.1. The zero-order valence-corrected chi connectivity index (χ0v) is 16.2. The molecular formula is C20H21N3O4S. The lowest BCUT2D eigenvalue weighted by molar-refractivity contribution is -0.0926. The Labute approximate surface area is 166 Å². The van der Waals surface area contributed by atoms with Gasteiger partial charge in [0.1, 0.15) is 10.7 Å². The molecule has 0 unspecified atom stereocenters. The van der Waals surface area contributed by atoms with E-state index in [1.165, 1.54) is 11.3 Å². The molecule has 3 aliphatic rings. The van der Waals surface area contributed by atoms with Gasteiger partial charge in [0.15, 0.2) is 0 Å². The van der Waals surface area contributed by atoms with Gasteiger partial charge in [0.2, 0.25) is 0 Å². The Morgan fingerprint density at radius 3 is 2.57 bits per heavy atom. The molecule has 0 atom stereocenters. The molecule has 146 valence electrons. The molecule has 8 heteroatoms. The molecule has 28 heavy (non-hydrogen) atoms. The van der Waals surface area contributed by atoms with Gasteiger partial charge in [0.05, 0.1) is 17.8 Å². The number of hydrogen-bond donors (Lipinski definition) is 1. The predicted molar refractivity (Wildman–Crippen MR) is 102 cm³/mol. The second-order valence-corrected chi connectivity index (χ2v) is 8.88. The minimum absolute atomic E-state index is 0.0511. The van der Waals surface area contributed by atoms with E-state index < -0.39 is 11.6 Å². The van der Waals surface area contributed by atoms with Crippen LogP contribution in [-0.4, -0.2) is 51.5 Å². The molecule has 0 radical (unpaired) electrons. The molecule has 4 heterocycles. The summed E-state index contributed by atoms with van der Waals surface area (Å²) in [7, 11) is 0. The van der Waals surface area contributed by atoms with Crippen LogP contribution in [-0.2, 0) is 16.8 Å². The van der Waals surface area contributed by atoms with Gasteiger partial charge in [-0.1, -0.05) is 0 Å². The Balaban J connectivity index is 1.31. The molecule has 1 spiro atoms. The van der Waals surface area contributed by atoms with E-state index in [0.29, 0.717) is 48.9 Å². The molecule has 2 fully saturated rings. The lowest BCUT2D eigenvalue weighted by Gasteiger charge is -2.44. The quantitative estimate of drug-likeness (QED) is 0.853. The summed E-state index contributed by atoms with van der Waals surface area (Å²) in [5, 5.41) is 9.32. The Kier molecular flexibility index (Phi) is 4.21. The number of rotatable bonds is 3. The Bertz CT molecular complexity index is 927. The van der Waals surface area contributed by atoms with E-state index in [9.17, 15) is 14.7 Å². The minimum atomic E-state index is -0.892. The van der Waals surface area contributed by atoms with Crippen LogP contribution in [0.1, 0.15) is 67.9 Å². The van der Waals surface area contributed by atoms with Crippen molar-refractivity contribution in [2.24, 2.45) is 0 Å². The molecule has 1 N–H and O–H groups in total. The number of fused-ring (bicyclic) bond motifs is 2. The van der Waals surface area contributed by atoms with Crippen molar-refractivity contribution < 1.29 is 19.4 Å². The summed E-state index contributed by atoms with van der Waals surface area (Å²) in [4.78, 5) is 36.2. The maximum atomic E-state index is 12.8. The number of carboxylic acid groups (broad SMARTS) is 1. The zero-order chi connectivity index (χ0) is 19.3. The number of nitrogens with zero attached hydrogens (tertiary/aromatic N) is 3. The van der Waals surface area contributed by atoms with E-state index in [1.54, 1.807) is 18.5 Å². The van der Waals surface area contributed by atoms with Crippen LogP contribution in [0.4, 0.5) is 0 Å². The fourth-order valence-corrected chi connectivity index (χ4v) is 5.26. The summed E-state index contributed by atoms with van der Waals surface area (Å²) < 4.78 is 6.16. The van der Waals surface area contributed by atoms with Crippen LogP contribution in [0.5, 0.6) is 0 Å². The largest absolute Gasteiger partial charge is 0.477 e. The van der Waals surface area contributed by atoms with Crippen molar-refractivity contribution in [2.75, 3.05) is 19.7 Å². The first kappa shape index (κ1) is 17.8. The van der Waals surface area contributed by atoms with Crippen molar-refractivity contribution in [1.29, 1.82) is 0 Å². The van der Waals surface area contributed by atoms with Crippen LogP contribution >= 0.6 is 11.3 Å². The topological polar surface area (TPSA) is 92.6 Å². The van der Waals surface area contributed by atoms with E-state index >= 15 is 0 Å². The first-order valence-electron chi connectivity index (χ1n) is 9.67. The summed E-state index contributed by atoms with van der Waals surface area (Å²) in [5.41, 5.74) is 1.06. The standard InChI is InChI=1S/C20H21N3O4S/c24-18(13-10-21-17(22-11-13)12-1-2-12)23-6-4-20(5-7-23)14-9-16(19(25)26)28-15(14)3-8-27-20/h9-12H,1-8H2,(H,25,26). The van der Waals surface area contributed by atoms with Crippen molar-refractivity contribution in [3.8, 4) is 0 Å². The highest BCUT2D eigenvalue weighted by molar-refractivity contribution is 7.14. The monoisotopic (exact) mass is 399 g/mol. The van der Waals surface area contributed by atoms with Gasteiger partial charge in [-0.2, -0.15) is 0 Å². The average Bonchev–Trinajstić information content (AvgIpc) is 3.46. The normalized spacial score (nSPS) is 20.8. The van der Waals surface area contributed by atoms with Gasteiger partial charge in [-0.15, -0.1) is 11.3 Å². The number of carbonyl (C=O) groups excluding carboxylic acids is 1. The number of thiophene rings is 1. The fourth-order valence-electron chi connectivity index (χ4n) is 4.19. The van der Waals surface area contributed by atoms with Gasteiger partial charge in [-0.25, -0.2) is 14.8 Å². The molecular weight excluding hydrogens is 378 g/mol. The van der Waals surface area contributed by atoms with Gasteiger partial charge in [-0.3, -0.25) is 4.79 Å². The summed E-state index contributed by atoms with van der Waals surface area (Å²) in [5.74, 6) is 0.364. The third kappa shape index (κ3) is 3.00. The smallest absolute Gasteiger partial charge is 0.345 e. The highest BCUT2D eigenvalue weighted by Crippen LogP contribution is 2.44. The number of aromatic nitrogens is 2. The third-order valence-corrected chi connectivity index (χ3v) is 7.12.